The van der Waals surface area contributed by atoms with Crippen molar-refractivity contribution in [2.75, 3.05) is 12.0 Å². The lowest BCUT2D eigenvalue weighted by Gasteiger charge is -2.17. The molecule has 3 aromatic rings. The van der Waals surface area contributed by atoms with E-state index in [4.69, 9.17) is 9.47 Å². The molecule has 1 heterocycles. The molecule has 32 heavy (non-hydrogen) atoms. The smallest absolute Gasteiger partial charge is 0.269 e. The number of amides is 3. The van der Waals surface area contributed by atoms with Crippen LogP contribution < -0.4 is 25.2 Å². The topological polar surface area (TPSA) is 97.0 Å². The minimum Gasteiger partial charge on any atom is -0.496 e. The molecule has 0 saturated carbocycles. The van der Waals surface area contributed by atoms with E-state index in [1.165, 1.54) is 7.11 Å². The predicted molar refractivity (Wildman–Crippen MR) is 117 cm³/mol. The van der Waals surface area contributed by atoms with E-state index < -0.39 is 17.9 Å². The fourth-order valence-electron chi connectivity index (χ4n) is 3.36. The first kappa shape index (κ1) is 21.1. The van der Waals surface area contributed by atoms with Crippen LogP contribution in [0.3, 0.4) is 0 Å². The molecular weight excluding hydrogens is 410 g/mol. The van der Waals surface area contributed by atoms with Crippen molar-refractivity contribution < 1.29 is 23.9 Å². The van der Waals surface area contributed by atoms with Crippen LogP contribution in [0.2, 0.25) is 0 Å². The zero-order chi connectivity index (χ0) is 22.5. The lowest BCUT2D eigenvalue weighted by molar-refractivity contribution is -0.121. The molecule has 1 aliphatic rings. The number of carbonyl (C=O) groups excluding carboxylic acids is 3. The van der Waals surface area contributed by atoms with Gasteiger partial charge in [-0.05, 0) is 48.5 Å². The second kappa shape index (κ2) is 9.32. The van der Waals surface area contributed by atoms with Gasteiger partial charge in [0.25, 0.3) is 11.8 Å². The van der Waals surface area contributed by atoms with E-state index in [1.807, 2.05) is 30.3 Å². The van der Waals surface area contributed by atoms with E-state index in [0.717, 1.165) is 4.90 Å². The largest absolute Gasteiger partial charge is 0.496 e. The number of imide groups is 1. The third kappa shape index (κ3) is 4.45. The highest BCUT2D eigenvalue weighted by Crippen LogP contribution is 2.27. The number of hydrogen-bond donors (Lipinski definition) is 2. The third-order valence-corrected chi connectivity index (χ3v) is 4.93. The van der Waals surface area contributed by atoms with Crippen molar-refractivity contribution in [3.8, 4) is 17.2 Å². The number of anilines is 1. The Hall–Kier alpha value is -4.17. The zero-order valence-electron chi connectivity index (χ0n) is 17.3. The second-order valence-electron chi connectivity index (χ2n) is 7.03. The van der Waals surface area contributed by atoms with Crippen LogP contribution in [0, 0.1) is 0 Å². The highest BCUT2D eigenvalue weighted by Gasteiger charge is 2.39. The molecule has 0 bridgehead atoms. The number of rotatable bonds is 7. The van der Waals surface area contributed by atoms with Crippen LogP contribution in [0.1, 0.15) is 16.8 Å². The fraction of sp³-hybridized carbons (Fsp3) is 0.125. The molecule has 0 spiro atoms. The Morgan fingerprint density at radius 3 is 2.28 bits per heavy atom. The van der Waals surface area contributed by atoms with Gasteiger partial charge in [0.15, 0.2) is 0 Å². The summed E-state index contributed by atoms with van der Waals surface area (Å²) in [6.45, 7) is 0. The summed E-state index contributed by atoms with van der Waals surface area (Å²) in [4.78, 5) is 38.8. The van der Waals surface area contributed by atoms with Crippen LogP contribution in [-0.4, -0.2) is 30.9 Å². The summed E-state index contributed by atoms with van der Waals surface area (Å²) in [5.41, 5.74) is 5.89. The van der Waals surface area contributed by atoms with Gasteiger partial charge in [-0.1, -0.05) is 30.3 Å². The molecule has 0 aliphatic carbocycles. The standard InChI is InChI=1S/C24H21N3O5/c1-31-21-10-6-5-9-19(21)23(29)26-25-20-15-22(28)27(24(20)30)16-11-13-18(14-12-16)32-17-7-3-2-4-8-17/h2-14,20,25H,15H2,1H3,(H,26,29). The van der Waals surface area contributed by atoms with Crippen molar-refractivity contribution in [3.63, 3.8) is 0 Å². The molecule has 0 aromatic heterocycles. The number of carbonyl (C=O) groups is 3. The molecule has 1 atom stereocenters. The quantitative estimate of drug-likeness (QED) is 0.441. The Labute approximate surface area is 184 Å². The number of para-hydroxylation sites is 2. The number of hydrogen-bond acceptors (Lipinski definition) is 6. The highest BCUT2D eigenvalue weighted by atomic mass is 16.5. The minimum atomic E-state index is -0.874. The van der Waals surface area contributed by atoms with Gasteiger partial charge in [-0.25, -0.2) is 10.3 Å². The molecule has 1 unspecified atom stereocenters. The number of ether oxygens (including phenoxy) is 2. The van der Waals surface area contributed by atoms with Crippen molar-refractivity contribution in [2.45, 2.75) is 12.5 Å². The van der Waals surface area contributed by atoms with Crippen molar-refractivity contribution in [1.82, 2.24) is 10.9 Å². The third-order valence-electron chi connectivity index (χ3n) is 4.93. The van der Waals surface area contributed by atoms with Crippen molar-refractivity contribution >= 4 is 23.4 Å². The SMILES string of the molecule is COc1ccccc1C(=O)NNC1CC(=O)N(c2ccc(Oc3ccccc3)cc2)C1=O. The molecular formula is C24H21N3O5. The molecule has 8 nitrogen and oxygen atoms in total. The van der Waals surface area contributed by atoms with Crippen molar-refractivity contribution in [1.29, 1.82) is 0 Å². The van der Waals surface area contributed by atoms with E-state index in [9.17, 15) is 14.4 Å². The average Bonchev–Trinajstić information content (AvgIpc) is 3.11. The summed E-state index contributed by atoms with van der Waals surface area (Å²) in [7, 11) is 1.47. The van der Waals surface area contributed by atoms with Crippen molar-refractivity contribution in [2.24, 2.45) is 0 Å². The van der Waals surface area contributed by atoms with Crippen LogP contribution in [0.4, 0.5) is 5.69 Å². The molecule has 1 aliphatic heterocycles. The van der Waals surface area contributed by atoms with Crippen LogP contribution in [0.25, 0.3) is 0 Å². The average molecular weight is 431 g/mol. The minimum absolute atomic E-state index is 0.0761. The predicted octanol–water partition coefficient (Wildman–Crippen LogP) is 3.05. The summed E-state index contributed by atoms with van der Waals surface area (Å²) >= 11 is 0. The van der Waals surface area contributed by atoms with E-state index in [2.05, 4.69) is 10.9 Å². The maximum atomic E-state index is 12.8. The van der Waals surface area contributed by atoms with E-state index >= 15 is 0 Å². The summed E-state index contributed by atoms with van der Waals surface area (Å²) in [6.07, 6.45) is -0.0761. The Bertz CT molecular complexity index is 1130. The molecule has 3 aromatic carbocycles. The number of nitrogens with one attached hydrogen (secondary N) is 2. The molecule has 0 radical (unpaired) electrons. The van der Waals surface area contributed by atoms with E-state index in [0.29, 0.717) is 28.5 Å². The van der Waals surface area contributed by atoms with Gasteiger partial charge >= 0.3 is 0 Å². The lowest BCUT2D eigenvalue weighted by atomic mass is 10.2. The maximum Gasteiger partial charge on any atom is 0.269 e. The number of hydrazine groups is 1. The van der Waals surface area contributed by atoms with Crippen LogP contribution in [0.15, 0.2) is 78.9 Å². The Morgan fingerprint density at radius 1 is 0.906 bits per heavy atom. The van der Waals surface area contributed by atoms with Crippen LogP contribution in [0.5, 0.6) is 17.2 Å². The highest BCUT2D eigenvalue weighted by molar-refractivity contribution is 6.22. The first-order valence-electron chi connectivity index (χ1n) is 9.95. The van der Waals surface area contributed by atoms with Crippen LogP contribution >= 0.6 is 0 Å². The van der Waals surface area contributed by atoms with Gasteiger partial charge in [-0.3, -0.25) is 19.8 Å². The summed E-state index contributed by atoms with van der Waals surface area (Å²) in [5, 5.41) is 0. The molecule has 2 N–H and O–H groups in total. The monoisotopic (exact) mass is 431 g/mol. The Morgan fingerprint density at radius 2 is 1.56 bits per heavy atom. The summed E-state index contributed by atoms with van der Waals surface area (Å²) < 4.78 is 10.9. The number of methoxy groups -OCH3 is 1. The molecule has 1 saturated heterocycles. The molecule has 4 rings (SSSR count). The fourth-order valence-corrected chi connectivity index (χ4v) is 3.36. The number of nitrogens with zero attached hydrogens (tertiary/aromatic N) is 1. The zero-order valence-corrected chi connectivity index (χ0v) is 17.3. The van der Waals surface area contributed by atoms with E-state index in [1.54, 1.807) is 48.5 Å². The summed E-state index contributed by atoms with van der Waals surface area (Å²) in [6, 6.07) is 21.8. The van der Waals surface area contributed by atoms with Gasteiger partial charge in [-0.15, -0.1) is 0 Å². The normalized spacial score (nSPS) is 15.5. The maximum absolute atomic E-state index is 12.8. The Kier molecular flexibility index (Phi) is 6.14. The molecule has 162 valence electrons. The van der Waals surface area contributed by atoms with E-state index in [-0.39, 0.29) is 12.3 Å². The van der Waals surface area contributed by atoms with Gasteiger partial charge in [-0.2, -0.15) is 0 Å². The number of benzene rings is 3. The second-order valence-corrected chi connectivity index (χ2v) is 7.03. The first-order valence-corrected chi connectivity index (χ1v) is 9.95. The van der Waals surface area contributed by atoms with Gasteiger partial charge in [0.1, 0.15) is 23.3 Å². The lowest BCUT2D eigenvalue weighted by Crippen LogP contribution is -2.48. The first-order chi connectivity index (χ1) is 15.6. The van der Waals surface area contributed by atoms with Gasteiger partial charge in [0.2, 0.25) is 5.91 Å². The van der Waals surface area contributed by atoms with Crippen LogP contribution in [-0.2, 0) is 9.59 Å². The summed E-state index contributed by atoms with van der Waals surface area (Å²) in [5.74, 6) is 0.382. The molecule has 1 fully saturated rings. The van der Waals surface area contributed by atoms with Gasteiger partial charge in [0, 0.05) is 0 Å². The van der Waals surface area contributed by atoms with Gasteiger partial charge in [0.05, 0.1) is 24.8 Å². The van der Waals surface area contributed by atoms with Gasteiger partial charge < -0.3 is 9.47 Å². The molecule has 3 amide bonds. The Balaban J connectivity index is 1.40. The van der Waals surface area contributed by atoms with Crippen molar-refractivity contribution in [3.05, 3.63) is 84.4 Å². The molecule has 8 heteroatoms.